The first-order valence-corrected chi connectivity index (χ1v) is 11.0. The van der Waals surface area contributed by atoms with Crippen molar-refractivity contribution in [1.29, 1.82) is 0 Å². The third-order valence-electron chi connectivity index (χ3n) is 5.17. The molecule has 10 nitrogen and oxygen atoms in total. The number of amides is 2. The number of halogens is 5. The predicted octanol–water partition coefficient (Wildman–Crippen LogP) is 5.54. The lowest BCUT2D eigenvalue weighted by Crippen LogP contribution is -2.21. The number of alkyl halides is 3. The monoisotopic (exact) mass is 585 g/mol. The van der Waals surface area contributed by atoms with Gasteiger partial charge < -0.3 is 24.9 Å². The number of nitrogens with one attached hydrogen (secondary N) is 3. The number of carbonyl (C=O) groups is 1. The minimum absolute atomic E-state index is 0. The van der Waals surface area contributed by atoms with Crippen molar-refractivity contribution in [3.05, 3.63) is 76.5 Å². The molecule has 0 unspecified atom stereocenters. The number of imidazole rings is 1. The molecule has 0 saturated carbocycles. The van der Waals surface area contributed by atoms with Crippen LogP contribution in [0.25, 0.3) is 17.1 Å². The van der Waals surface area contributed by atoms with E-state index in [2.05, 4.69) is 30.6 Å². The first kappa shape index (κ1) is 31.1. The number of hydrogen-bond donors (Lipinski definition) is 3. The largest absolute Gasteiger partial charge is 0.493 e. The van der Waals surface area contributed by atoms with E-state index in [-0.39, 0.29) is 53.3 Å². The average molecular weight is 586 g/mol. The van der Waals surface area contributed by atoms with E-state index in [9.17, 15) is 22.8 Å². The number of rotatable bonds is 6. The van der Waals surface area contributed by atoms with E-state index >= 15 is 0 Å². The average Bonchev–Trinajstić information content (AvgIpc) is 3.26. The van der Waals surface area contributed by atoms with Crippen LogP contribution in [0.15, 0.2) is 54.0 Å². The number of aromatic nitrogens is 5. The Morgan fingerprint density at radius 1 is 1.10 bits per heavy atom. The van der Waals surface area contributed by atoms with Gasteiger partial charge in [-0.1, -0.05) is 0 Å². The number of hydrogen-bond acceptors (Lipinski definition) is 6. The number of aryl methyl sites for hydroxylation is 2. The summed E-state index contributed by atoms with van der Waals surface area (Å²) < 4.78 is 47.4. The fourth-order valence-electron chi connectivity index (χ4n) is 3.47. The summed E-state index contributed by atoms with van der Waals surface area (Å²) in [5, 5.41) is 4.97. The molecule has 3 heterocycles. The first-order valence-electron chi connectivity index (χ1n) is 11.0. The van der Waals surface area contributed by atoms with Gasteiger partial charge in [-0.2, -0.15) is 13.2 Å². The Morgan fingerprint density at radius 3 is 2.46 bits per heavy atom. The smallest absolute Gasteiger partial charge is 0.416 e. The topological polar surface area (TPSA) is 127 Å². The molecular weight excluding hydrogens is 562 g/mol. The highest BCUT2D eigenvalue weighted by molar-refractivity contribution is 6.00. The Bertz CT molecular complexity index is 1520. The summed E-state index contributed by atoms with van der Waals surface area (Å²) in [5.41, 5.74) is 0.527. The first-order chi connectivity index (χ1) is 17.5. The highest BCUT2D eigenvalue weighted by Crippen LogP contribution is 2.33. The number of benzene rings is 1. The zero-order chi connectivity index (χ0) is 26.7. The number of ether oxygens (including phenoxy) is 1. The molecule has 0 fully saturated rings. The van der Waals surface area contributed by atoms with Crippen LogP contribution in [0.2, 0.25) is 0 Å². The van der Waals surface area contributed by atoms with E-state index in [0.717, 1.165) is 12.1 Å². The van der Waals surface area contributed by atoms with Crippen LogP contribution in [0, 0.1) is 13.8 Å². The molecule has 0 bridgehead atoms. The van der Waals surface area contributed by atoms with Gasteiger partial charge in [0.1, 0.15) is 5.75 Å². The lowest BCUT2D eigenvalue weighted by Gasteiger charge is -2.15. The summed E-state index contributed by atoms with van der Waals surface area (Å²) in [4.78, 5) is 39.4. The maximum Gasteiger partial charge on any atom is 0.416 e. The summed E-state index contributed by atoms with van der Waals surface area (Å²) in [6.07, 6.45) is 1.11. The van der Waals surface area contributed by atoms with Gasteiger partial charge in [-0.3, -0.25) is 4.79 Å². The quantitative estimate of drug-likeness (QED) is 0.273. The van der Waals surface area contributed by atoms with E-state index in [1.54, 1.807) is 27.0 Å². The number of H-pyrrole nitrogens is 1. The SMILES string of the molecule is CCOc1cc(=O)[nH]cc1-c1ncc(NC(=O)Nc2cc(-n3cnc(C)c3)cc(C(F)(F)F)c2)c(C)n1.Cl.Cl. The van der Waals surface area contributed by atoms with Crippen LogP contribution in [0.4, 0.5) is 29.3 Å². The molecule has 0 saturated heterocycles. The van der Waals surface area contributed by atoms with Crippen LogP contribution in [0.1, 0.15) is 23.9 Å². The van der Waals surface area contributed by atoms with Gasteiger partial charge in [0.05, 0.1) is 47.3 Å². The molecule has 0 aliphatic rings. The fraction of sp³-hybridized carbons (Fsp3) is 0.208. The molecule has 2 amide bonds. The zero-order valence-electron chi connectivity index (χ0n) is 20.8. The van der Waals surface area contributed by atoms with Crippen molar-refractivity contribution in [2.24, 2.45) is 0 Å². The van der Waals surface area contributed by atoms with Gasteiger partial charge in [-0.25, -0.2) is 19.7 Å². The number of urea groups is 1. The fourth-order valence-corrected chi connectivity index (χ4v) is 3.47. The number of nitrogens with zero attached hydrogens (tertiary/aromatic N) is 4. The molecule has 4 aromatic rings. The molecule has 3 N–H and O–H groups in total. The minimum Gasteiger partial charge on any atom is -0.493 e. The third kappa shape index (κ3) is 7.48. The molecule has 15 heteroatoms. The van der Waals surface area contributed by atoms with Crippen molar-refractivity contribution in [3.8, 4) is 22.8 Å². The van der Waals surface area contributed by atoms with Crippen LogP contribution < -0.4 is 20.9 Å². The Hall–Kier alpha value is -4.10. The second kappa shape index (κ2) is 12.6. The van der Waals surface area contributed by atoms with Crippen LogP contribution >= 0.6 is 24.8 Å². The molecule has 4 rings (SSSR count). The molecule has 208 valence electrons. The molecule has 0 radical (unpaired) electrons. The number of anilines is 2. The van der Waals surface area contributed by atoms with Crippen molar-refractivity contribution in [2.45, 2.75) is 26.9 Å². The second-order valence-electron chi connectivity index (χ2n) is 7.97. The molecule has 0 atom stereocenters. The van der Waals surface area contributed by atoms with Crippen LogP contribution in [-0.4, -0.2) is 37.1 Å². The summed E-state index contributed by atoms with van der Waals surface area (Å²) in [6, 6.07) is 3.70. The van der Waals surface area contributed by atoms with E-state index < -0.39 is 17.8 Å². The summed E-state index contributed by atoms with van der Waals surface area (Å²) >= 11 is 0. The third-order valence-corrected chi connectivity index (χ3v) is 5.17. The molecule has 0 spiro atoms. The molecule has 39 heavy (non-hydrogen) atoms. The van der Waals surface area contributed by atoms with Gasteiger partial charge in [0.25, 0.3) is 5.56 Å². The maximum absolute atomic E-state index is 13.5. The van der Waals surface area contributed by atoms with E-state index in [1.165, 1.54) is 35.4 Å². The Labute approximate surface area is 232 Å². The lowest BCUT2D eigenvalue weighted by molar-refractivity contribution is -0.137. The lowest BCUT2D eigenvalue weighted by atomic mass is 10.1. The van der Waals surface area contributed by atoms with Gasteiger partial charge in [-0.15, -0.1) is 24.8 Å². The number of aromatic amines is 1. The molecule has 3 aromatic heterocycles. The molecule has 0 aliphatic heterocycles. The second-order valence-corrected chi connectivity index (χ2v) is 7.97. The predicted molar refractivity (Wildman–Crippen MR) is 144 cm³/mol. The van der Waals surface area contributed by atoms with Crippen LogP contribution in [0.3, 0.4) is 0 Å². The van der Waals surface area contributed by atoms with Crippen LogP contribution in [0.5, 0.6) is 5.75 Å². The highest BCUT2D eigenvalue weighted by atomic mass is 35.5. The Morgan fingerprint density at radius 2 is 1.85 bits per heavy atom. The summed E-state index contributed by atoms with van der Waals surface area (Å²) in [7, 11) is 0. The van der Waals surface area contributed by atoms with Crippen LogP contribution in [-0.2, 0) is 6.18 Å². The zero-order valence-corrected chi connectivity index (χ0v) is 22.4. The maximum atomic E-state index is 13.5. The highest BCUT2D eigenvalue weighted by Gasteiger charge is 2.31. The van der Waals surface area contributed by atoms with Gasteiger partial charge in [0.15, 0.2) is 5.82 Å². The molecular formula is C24H24Cl2F3N7O3. The Balaban J connectivity index is 0.00000267. The normalized spacial score (nSPS) is 10.7. The molecule has 0 aliphatic carbocycles. The van der Waals surface area contributed by atoms with E-state index in [1.807, 2.05) is 0 Å². The van der Waals surface area contributed by atoms with Crippen molar-refractivity contribution in [1.82, 2.24) is 24.5 Å². The number of carbonyl (C=O) groups excluding carboxylic acids is 1. The minimum atomic E-state index is -4.62. The van der Waals surface area contributed by atoms with Gasteiger partial charge in [-0.05, 0) is 39.0 Å². The summed E-state index contributed by atoms with van der Waals surface area (Å²) in [6.45, 7) is 5.43. The van der Waals surface area contributed by atoms with Crippen molar-refractivity contribution in [2.75, 3.05) is 17.2 Å². The van der Waals surface area contributed by atoms with E-state index in [4.69, 9.17) is 4.74 Å². The Kier molecular flexibility index (Phi) is 10.1. The molecule has 1 aromatic carbocycles. The summed E-state index contributed by atoms with van der Waals surface area (Å²) in [5.74, 6) is 0.554. The van der Waals surface area contributed by atoms with Gasteiger partial charge in [0, 0.05) is 29.8 Å². The van der Waals surface area contributed by atoms with Crippen molar-refractivity contribution < 1.29 is 22.7 Å². The van der Waals surface area contributed by atoms with Gasteiger partial charge in [0.2, 0.25) is 0 Å². The van der Waals surface area contributed by atoms with Crippen molar-refractivity contribution in [3.63, 3.8) is 0 Å². The number of pyridine rings is 1. The standard InChI is InChI=1S/C24H22F3N7O3.2ClH/c1-4-37-20-8-21(35)28-9-18(20)22-29-10-19(14(3)31-22)33-23(36)32-16-5-15(24(25,26)27)6-17(7-16)34-11-13(2)30-12-34;;/h5-12H,4H2,1-3H3,(H,28,35)(H2,32,33,36);2*1H. The van der Waals surface area contributed by atoms with E-state index in [0.29, 0.717) is 29.3 Å². The van der Waals surface area contributed by atoms with Gasteiger partial charge >= 0.3 is 12.2 Å². The van der Waals surface area contributed by atoms with Crippen molar-refractivity contribution >= 4 is 42.2 Å².